The highest BCUT2D eigenvalue weighted by atomic mass is 79.9. The summed E-state index contributed by atoms with van der Waals surface area (Å²) in [6.07, 6.45) is 5.43. The molecule has 2 N–H and O–H groups in total. The van der Waals surface area contributed by atoms with Crippen molar-refractivity contribution in [3.8, 4) is 0 Å². The number of hydrogen-bond acceptors (Lipinski definition) is 3. The molecule has 1 saturated carbocycles. The highest BCUT2D eigenvalue weighted by Crippen LogP contribution is 2.30. The van der Waals surface area contributed by atoms with Crippen LogP contribution in [0.1, 0.15) is 42.5 Å². The lowest BCUT2D eigenvalue weighted by atomic mass is 9.88. The average Bonchev–Trinajstić information content (AvgIpc) is 2.56. The lowest BCUT2D eigenvalue weighted by Crippen LogP contribution is -2.34. The minimum Gasteiger partial charge on any atom is -0.327 e. The quantitative estimate of drug-likeness (QED) is 0.670. The van der Waals surface area contributed by atoms with E-state index in [2.05, 4.69) is 15.9 Å². The van der Waals surface area contributed by atoms with Crippen molar-refractivity contribution in [3.63, 3.8) is 0 Å². The summed E-state index contributed by atoms with van der Waals surface area (Å²) >= 11 is 4.98. The van der Waals surface area contributed by atoms with Gasteiger partial charge in [-0.05, 0) is 28.8 Å². The first kappa shape index (κ1) is 12.3. The van der Waals surface area contributed by atoms with E-state index in [9.17, 15) is 4.79 Å². The van der Waals surface area contributed by atoms with Crippen molar-refractivity contribution < 1.29 is 4.79 Å². The molecule has 1 aliphatic rings. The zero-order valence-corrected chi connectivity index (χ0v) is 11.5. The molecule has 0 saturated heterocycles. The summed E-state index contributed by atoms with van der Waals surface area (Å²) in [6, 6.07) is 0.0433. The molecule has 2 nitrogen and oxygen atoms in total. The van der Waals surface area contributed by atoms with Gasteiger partial charge in [0, 0.05) is 32.8 Å². The second-order valence-corrected chi connectivity index (χ2v) is 6.00. The number of halogens is 1. The number of nitrogens with two attached hydrogens (primary N) is 1. The van der Waals surface area contributed by atoms with Crippen LogP contribution in [0.15, 0.2) is 15.2 Å². The van der Waals surface area contributed by atoms with E-state index in [0.717, 1.165) is 35.7 Å². The zero-order chi connectivity index (χ0) is 11.5. The van der Waals surface area contributed by atoms with Crippen molar-refractivity contribution in [2.75, 3.05) is 0 Å². The summed E-state index contributed by atoms with van der Waals surface area (Å²) in [7, 11) is 0. The Labute approximate surface area is 108 Å². The van der Waals surface area contributed by atoms with Crippen LogP contribution < -0.4 is 5.73 Å². The smallest absolute Gasteiger partial charge is 0.169 e. The summed E-state index contributed by atoms with van der Waals surface area (Å²) < 4.78 is 0.916. The highest BCUT2D eigenvalue weighted by molar-refractivity contribution is 9.10. The Balaban J connectivity index is 2.17. The van der Waals surface area contributed by atoms with Crippen LogP contribution in [0.25, 0.3) is 0 Å². The van der Waals surface area contributed by atoms with E-state index in [-0.39, 0.29) is 17.7 Å². The molecule has 2 unspecified atom stereocenters. The maximum Gasteiger partial charge on any atom is 0.169 e. The van der Waals surface area contributed by atoms with Crippen LogP contribution in [-0.2, 0) is 0 Å². The van der Waals surface area contributed by atoms with Crippen LogP contribution in [0.5, 0.6) is 0 Å². The number of ketones is 1. The Morgan fingerprint density at radius 2 is 2.06 bits per heavy atom. The molecule has 0 aliphatic heterocycles. The van der Waals surface area contributed by atoms with Crippen LogP contribution in [0.3, 0.4) is 0 Å². The van der Waals surface area contributed by atoms with Gasteiger partial charge in [-0.1, -0.05) is 19.3 Å². The van der Waals surface area contributed by atoms with Crippen molar-refractivity contribution >= 4 is 33.0 Å². The predicted octanol–water partition coefficient (Wildman–Crippen LogP) is 3.60. The minimum absolute atomic E-state index is 0.0217. The van der Waals surface area contributed by atoms with Gasteiger partial charge in [-0.2, -0.15) is 11.3 Å². The number of carbonyl (C=O) groups is 1. The van der Waals surface area contributed by atoms with E-state index in [1.807, 2.05) is 10.8 Å². The molecule has 0 radical (unpaired) electrons. The molecule has 88 valence electrons. The van der Waals surface area contributed by atoms with Crippen molar-refractivity contribution in [2.45, 2.75) is 38.1 Å². The molecule has 1 aromatic rings. The van der Waals surface area contributed by atoms with E-state index in [4.69, 9.17) is 5.73 Å². The minimum atomic E-state index is 0.0217. The van der Waals surface area contributed by atoms with E-state index in [0.29, 0.717) is 0 Å². The summed E-state index contributed by atoms with van der Waals surface area (Å²) in [5.74, 6) is 0.246. The first-order chi connectivity index (χ1) is 7.70. The number of Topliss-reactive ketones (excluding diaryl/α,β-unsaturated/α-hetero) is 1. The average molecular weight is 302 g/mol. The molecule has 0 bridgehead atoms. The highest BCUT2D eigenvalue weighted by Gasteiger charge is 2.29. The van der Waals surface area contributed by atoms with E-state index < -0.39 is 0 Å². The molecule has 1 aromatic heterocycles. The molecule has 1 heterocycles. The van der Waals surface area contributed by atoms with E-state index in [1.165, 1.54) is 6.42 Å². The molecule has 0 amide bonds. The maximum atomic E-state index is 12.3. The zero-order valence-electron chi connectivity index (χ0n) is 9.12. The largest absolute Gasteiger partial charge is 0.327 e. The molecule has 0 aromatic carbocycles. The monoisotopic (exact) mass is 301 g/mol. The summed E-state index contributed by atoms with van der Waals surface area (Å²) in [4.78, 5) is 12.3. The number of carbonyl (C=O) groups excluding carboxylic acids is 1. The van der Waals surface area contributed by atoms with E-state index in [1.54, 1.807) is 11.3 Å². The second-order valence-electron chi connectivity index (χ2n) is 4.41. The number of thiophene rings is 1. The molecule has 16 heavy (non-hydrogen) atoms. The third-order valence-corrected chi connectivity index (χ3v) is 4.99. The van der Waals surface area contributed by atoms with Crippen LogP contribution in [0.4, 0.5) is 0 Å². The van der Waals surface area contributed by atoms with Gasteiger partial charge < -0.3 is 5.73 Å². The van der Waals surface area contributed by atoms with Gasteiger partial charge in [-0.15, -0.1) is 0 Å². The van der Waals surface area contributed by atoms with Gasteiger partial charge in [0.1, 0.15) is 0 Å². The van der Waals surface area contributed by atoms with Gasteiger partial charge in [-0.3, -0.25) is 4.79 Å². The summed E-state index contributed by atoms with van der Waals surface area (Å²) in [6.45, 7) is 0. The Morgan fingerprint density at radius 3 is 2.75 bits per heavy atom. The van der Waals surface area contributed by atoms with Crippen LogP contribution in [-0.4, -0.2) is 11.8 Å². The SMILES string of the molecule is NC1CCCCCC1C(=O)c1cscc1Br. The molecule has 0 spiro atoms. The summed E-state index contributed by atoms with van der Waals surface area (Å²) in [5.41, 5.74) is 6.92. The van der Waals surface area contributed by atoms with Gasteiger partial charge in [0.25, 0.3) is 0 Å². The normalized spacial score (nSPS) is 26.4. The van der Waals surface area contributed by atoms with Crippen molar-refractivity contribution in [1.82, 2.24) is 0 Å². The molecule has 1 aliphatic carbocycles. The fraction of sp³-hybridized carbons (Fsp3) is 0.583. The summed E-state index contributed by atoms with van der Waals surface area (Å²) in [5, 5.41) is 3.87. The fourth-order valence-electron chi connectivity index (χ4n) is 2.32. The predicted molar refractivity (Wildman–Crippen MR) is 70.9 cm³/mol. The van der Waals surface area contributed by atoms with Crippen molar-refractivity contribution in [3.05, 3.63) is 20.8 Å². The molecular formula is C12H16BrNOS. The van der Waals surface area contributed by atoms with Crippen LogP contribution >= 0.6 is 27.3 Å². The number of hydrogen-bond donors (Lipinski definition) is 1. The molecular weight excluding hydrogens is 286 g/mol. The standard InChI is InChI=1S/C12H16BrNOS/c13-10-7-16-6-9(10)12(15)8-4-2-1-3-5-11(8)14/h6-8,11H,1-5,14H2. The molecule has 2 atom stereocenters. The van der Waals surface area contributed by atoms with Gasteiger partial charge in [0.05, 0.1) is 0 Å². The lowest BCUT2D eigenvalue weighted by molar-refractivity contribution is 0.0894. The van der Waals surface area contributed by atoms with E-state index >= 15 is 0 Å². The van der Waals surface area contributed by atoms with Gasteiger partial charge in [0.2, 0.25) is 0 Å². The molecule has 1 fully saturated rings. The Hall–Kier alpha value is -0.190. The van der Waals surface area contributed by atoms with Crippen molar-refractivity contribution in [2.24, 2.45) is 11.7 Å². The molecule has 4 heteroatoms. The van der Waals surface area contributed by atoms with Crippen LogP contribution in [0.2, 0.25) is 0 Å². The van der Waals surface area contributed by atoms with Crippen molar-refractivity contribution in [1.29, 1.82) is 0 Å². The first-order valence-electron chi connectivity index (χ1n) is 5.71. The third kappa shape index (κ3) is 2.55. The third-order valence-electron chi connectivity index (χ3n) is 3.29. The van der Waals surface area contributed by atoms with Gasteiger partial charge >= 0.3 is 0 Å². The van der Waals surface area contributed by atoms with Gasteiger partial charge in [0.15, 0.2) is 5.78 Å². The lowest BCUT2D eigenvalue weighted by Gasteiger charge is -2.19. The number of rotatable bonds is 2. The fourth-order valence-corrected chi connectivity index (χ4v) is 3.80. The Morgan fingerprint density at radius 1 is 1.31 bits per heavy atom. The first-order valence-corrected chi connectivity index (χ1v) is 7.45. The maximum absolute atomic E-state index is 12.3. The molecule has 2 rings (SSSR count). The van der Waals surface area contributed by atoms with Crippen LogP contribution in [0, 0.1) is 5.92 Å². The Kier molecular flexibility index (Phi) is 4.16. The van der Waals surface area contributed by atoms with Gasteiger partial charge in [-0.25, -0.2) is 0 Å². The second kappa shape index (κ2) is 5.43. The Bertz CT molecular complexity index is 377. The topological polar surface area (TPSA) is 43.1 Å².